The molecule has 0 aliphatic carbocycles. The van der Waals surface area contributed by atoms with Gasteiger partial charge in [0.15, 0.2) is 0 Å². The number of carboxylic acid groups (broad SMARTS) is 1. The van der Waals surface area contributed by atoms with Crippen LogP contribution in [-0.2, 0) is 16.0 Å². The Labute approximate surface area is 145 Å². The number of thiazole rings is 1. The van der Waals surface area contributed by atoms with Crippen LogP contribution in [0.4, 0.5) is 0 Å². The Balaban J connectivity index is 1.85. The standard InChI is InChI=1S/C17H24N2O4S/c1-10(2)6-13-14(24-11(3)18-13)15(20)19-7-12-8-23-5-4-17(12,9-19)16(21)22/h10,12H,4-9H2,1-3H3,(H,21,22)/t12-,17+/m0/s1. The van der Waals surface area contributed by atoms with E-state index in [9.17, 15) is 14.7 Å². The molecule has 2 saturated heterocycles. The molecule has 0 aromatic carbocycles. The van der Waals surface area contributed by atoms with E-state index in [2.05, 4.69) is 18.8 Å². The molecule has 3 rings (SSSR count). The third-order valence-electron chi connectivity index (χ3n) is 5.02. The average Bonchev–Trinajstić information content (AvgIpc) is 3.07. The lowest BCUT2D eigenvalue weighted by atomic mass is 9.74. The second-order valence-corrected chi connectivity index (χ2v) is 8.48. The van der Waals surface area contributed by atoms with E-state index in [4.69, 9.17) is 4.74 Å². The van der Waals surface area contributed by atoms with Crippen molar-refractivity contribution in [3.8, 4) is 0 Å². The van der Waals surface area contributed by atoms with Crippen molar-refractivity contribution in [3.05, 3.63) is 15.6 Å². The minimum atomic E-state index is -0.855. The molecule has 0 bridgehead atoms. The van der Waals surface area contributed by atoms with Crippen LogP contribution in [0.5, 0.6) is 0 Å². The number of hydrogen-bond donors (Lipinski definition) is 1. The molecular formula is C17H24N2O4S. The number of aliphatic carboxylic acids is 1. The maximum Gasteiger partial charge on any atom is 0.311 e. The fourth-order valence-electron chi connectivity index (χ4n) is 3.76. The van der Waals surface area contributed by atoms with Crippen LogP contribution in [0.2, 0.25) is 0 Å². The Morgan fingerprint density at radius 3 is 2.88 bits per heavy atom. The van der Waals surface area contributed by atoms with E-state index in [0.29, 0.717) is 37.0 Å². The summed E-state index contributed by atoms with van der Waals surface area (Å²) in [5.74, 6) is -0.603. The molecule has 6 nitrogen and oxygen atoms in total. The van der Waals surface area contributed by atoms with Gasteiger partial charge in [-0.25, -0.2) is 4.98 Å². The van der Waals surface area contributed by atoms with Crippen LogP contribution in [0.1, 0.15) is 40.6 Å². The van der Waals surface area contributed by atoms with Gasteiger partial charge < -0.3 is 14.7 Å². The molecule has 24 heavy (non-hydrogen) atoms. The zero-order chi connectivity index (χ0) is 17.5. The molecule has 1 N–H and O–H groups in total. The van der Waals surface area contributed by atoms with E-state index < -0.39 is 11.4 Å². The summed E-state index contributed by atoms with van der Waals surface area (Å²) in [6, 6.07) is 0. The molecule has 0 spiro atoms. The monoisotopic (exact) mass is 352 g/mol. The van der Waals surface area contributed by atoms with E-state index in [0.717, 1.165) is 17.1 Å². The molecule has 0 saturated carbocycles. The summed E-state index contributed by atoms with van der Waals surface area (Å²) in [5.41, 5.74) is -0.0146. The lowest BCUT2D eigenvalue weighted by molar-refractivity contribution is -0.157. The highest BCUT2D eigenvalue weighted by atomic mass is 32.1. The molecule has 1 aromatic rings. The van der Waals surface area contributed by atoms with Gasteiger partial charge in [-0.2, -0.15) is 0 Å². The van der Waals surface area contributed by atoms with Gasteiger partial charge in [-0.05, 0) is 25.7 Å². The normalized spacial score (nSPS) is 26.7. The lowest BCUT2D eigenvalue weighted by Crippen LogP contribution is -2.45. The van der Waals surface area contributed by atoms with Crippen molar-refractivity contribution in [2.45, 2.75) is 33.6 Å². The van der Waals surface area contributed by atoms with Crippen LogP contribution in [0.3, 0.4) is 0 Å². The van der Waals surface area contributed by atoms with Crippen LogP contribution < -0.4 is 0 Å². The van der Waals surface area contributed by atoms with Crippen LogP contribution in [-0.4, -0.2) is 53.2 Å². The predicted octanol–water partition coefficient (Wildman–Crippen LogP) is 2.21. The van der Waals surface area contributed by atoms with Crippen molar-refractivity contribution in [2.75, 3.05) is 26.3 Å². The lowest BCUT2D eigenvalue weighted by Gasteiger charge is -2.33. The molecule has 2 atom stereocenters. The summed E-state index contributed by atoms with van der Waals surface area (Å²) in [5, 5.41) is 10.6. The SMILES string of the molecule is Cc1nc(CC(C)C)c(C(=O)N2C[C@H]3COCC[C@@]3(C(=O)O)C2)s1. The molecule has 2 fully saturated rings. The highest BCUT2D eigenvalue weighted by Crippen LogP contribution is 2.43. The summed E-state index contributed by atoms with van der Waals surface area (Å²) in [6.45, 7) is 7.69. The van der Waals surface area contributed by atoms with Crippen LogP contribution in [0.15, 0.2) is 0 Å². The van der Waals surface area contributed by atoms with Crippen LogP contribution in [0, 0.1) is 24.2 Å². The van der Waals surface area contributed by atoms with Crippen molar-refractivity contribution in [2.24, 2.45) is 17.3 Å². The first-order chi connectivity index (χ1) is 11.3. The van der Waals surface area contributed by atoms with Gasteiger partial charge in [-0.1, -0.05) is 13.8 Å². The van der Waals surface area contributed by atoms with Crippen molar-refractivity contribution >= 4 is 23.2 Å². The first-order valence-corrected chi connectivity index (χ1v) is 9.22. The first-order valence-electron chi connectivity index (χ1n) is 8.40. The molecule has 1 amide bonds. The summed E-state index contributed by atoms with van der Waals surface area (Å²) in [4.78, 5) is 31.8. The minimum Gasteiger partial charge on any atom is -0.481 e. The number of hydrogen-bond acceptors (Lipinski definition) is 5. The summed E-state index contributed by atoms with van der Waals surface area (Å²) >= 11 is 1.41. The molecular weight excluding hydrogens is 328 g/mol. The van der Waals surface area contributed by atoms with E-state index in [1.165, 1.54) is 11.3 Å². The number of nitrogens with zero attached hydrogens (tertiary/aromatic N) is 2. The van der Waals surface area contributed by atoms with E-state index in [-0.39, 0.29) is 18.4 Å². The Hall–Kier alpha value is -1.47. The zero-order valence-electron chi connectivity index (χ0n) is 14.4. The van der Waals surface area contributed by atoms with E-state index >= 15 is 0 Å². The Bertz CT molecular complexity index is 657. The van der Waals surface area contributed by atoms with Crippen LogP contribution in [0.25, 0.3) is 0 Å². The van der Waals surface area contributed by atoms with E-state index in [1.807, 2.05) is 6.92 Å². The summed E-state index contributed by atoms with van der Waals surface area (Å²) in [7, 11) is 0. The molecule has 7 heteroatoms. The largest absolute Gasteiger partial charge is 0.481 e. The molecule has 132 valence electrons. The molecule has 3 heterocycles. The van der Waals surface area contributed by atoms with E-state index in [1.54, 1.807) is 4.90 Å². The number of carbonyl (C=O) groups excluding carboxylic acids is 1. The Morgan fingerprint density at radius 1 is 1.50 bits per heavy atom. The maximum atomic E-state index is 13.0. The van der Waals surface area contributed by atoms with Gasteiger partial charge >= 0.3 is 5.97 Å². The van der Waals surface area contributed by atoms with Crippen molar-refractivity contribution in [1.29, 1.82) is 0 Å². The summed E-state index contributed by atoms with van der Waals surface area (Å²) in [6.07, 6.45) is 1.23. The number of fused-ring (bicyclic) bond motifs is 1. The summed E-state index contributed by atoms with van der Waals surface area (Å²) < 4.78 is 5.46. The topological polar surface area (TPSA) is 79.7 Å². The zero-order valence-corrected chi connectivity index (χ0v) is 15.2. The van der Waals surface area contributed by atoms with Gasteiger partial charge in [-0.3, -0.25) is 9.59 Å². The second kappa shape index (κ2) is 6.44. The molecule has 1 aromatic heterocycles. The van der Waals surface area contributed by atoms with Gasteiger partial charge in [-0.15, -0.1) is 11.3 Å². The Kier molecular flexibility index (Phi) is 4.66. The number of rotatable bonds is 4. The fourth-order valence-corrected chi connectivity index (χ4v) is 4.67. The molecule has 0 radical (unpaired) electrons. The number of amides is 1. The third-order valence-corrected chi connectivity index (χ3v) is 6.02. The van der Waals surface area contributed by atoms with Gasteiger partial charge in [0.1, 0.15) is 4.88 Å². The quantitative estimate of drug-likeness (QED) is 0.899. The average molecular weight is 352 g/mol. The van der Waals surface area contributed by atoms with Gasteiger partial charge in [0.05, 0.1) is 22.7 Å². The third kappa shape index (κ3) is 2.95. The maximum absolute atomic E-state index is 13.0. The fraction of sp³-hybridized carbons (Fsp3) is 0.706. The number of aryl methyl sites for hydroxylation is 1. The number of carbonyl (C=O) groups is 2. The van der Waals surface area contributed by atoms with Crippen molar-refractivity contribution in [3.63, 3.8) is 0 Å². The molecule has 2 aliphatic heterocycles. The highest BCUT2D eigenvalue weighted by Gasteiger charge is 2.55. The minimum absolute atomic E-state index is 0.0775. The van der Waals surface area contributed by atoms with Crippen LogP contribution >= 0.6 is 11.3 Å². The predicted molar refractivity (Wildman–Crippen MR) is 90.3 cm³/mol. The second-order valence-electron chi connectivity index (χ2n) is 7.28. The highest BCUT2D eigenvalue weighted by molar-refractivity contribution is 7.13. The first kappa shape index (κ1) is 17.4. The Morgan fingerprint density at radius 2 is 2.25 bits per heavy atom. The number of likely N-dealkylation sites (tertiary alicyclic amines) is 1. The van der Waals surface area contributed by atoms with Crippen molar-refractivity contribution in [1.82, 2.24) is 9.88 Å². The number of carboxylic acids is 1. The molecule has 2 aliphatic rings. The van der Waals surface area contributed by atoms with Gasteiger partial charge in [0, 0.05) is 25.6 Å². The smallest absolute Gasteiger partial charge is 0.311 e. The molecule has 0 unspecified atom stereocenters. The van der Waals surface area contributed by atoms with Crippen molar-refractivity contribution < 1.29 is 19.4 Å². The number of ether oxygens (including phenoxy) is 1. The van der Waals surface area contributed by atoms with Gasteiger partial charge in [0.25, 0.3) is 5.91 Å². The van der Waals surface area contributed by atoms with Gasteiger partial charge in [0.2, 0.25) is 0 Å². The number of aromatic nitrogens is 1.